The summed E-state index contributed by atoms with van der Waals surface area (Å²) in [6.07, 6.45) is -0.533. The lowest BCUT2D eigenvalue weighted by molar-refractivity contribution is -0.116. The number of fused-ring (bicyclic) bond motifs is 2. The molecular weight excluding hydrogens is 528 g/mol. The summed E-state index contributed by atoms with van der Waals surface area (Å²) in [4.78, 5) is 18.1. The molecule has 0 aromatic heterocycles. The normalized spacial score (nSPS) is 16.5. The second-order valence-corrected chi connectivity index (χ2v) is 10.0. The van der Waals surface area contributed by atoms with Crippen molar-refractivity contribution in [2.45, 2.75) is 19.7 Å². The predicted octanol–water partition coefficient (Wildman–Crippen LogP) is 3.93. The molecule has 0 saturated carbocycles. The van der Waals surface area contributed by atoms with Gasteiger partial charge in [-0.1, -0.05) is 71.0 Å². The molecule has 35 heavy (non-hydrogen) atoms. The molecule has 3 aromatic rings. The third-order valence-corrected chi connectivity index (χ3v) is 6.81. The molecule has 2 heterocycles. The zero-order valence-electron chi connectivity index (χ0n) is 19.2. The summed E-state index contributed by atoms with van der Waals surface area (Å²) in [5, 5.41) is 11.4. The lowest BCUT2D eigenvalue weighted by atomic mass is 10.1. The molecule has 2 aliphatic rings. The molecule has 0 bridgehead atoms. The van der Waals surface area contributed by atoms with Crippen LogP contribution in [0.2, 0.25) is 0 Å². The molecule has 1 atom stereocenters. The minimum Gasteiger partial charge on any atom is -0.493 e. The average molecular weight is 551 g/mol. The van der Waals surface area contributed by atoms with E-state index in [0.29, 0.717) is 29.0 Å². The van der Waals surface area contributed by atoms with Crippen molar-refractivity contribution in [1.82, 2.24) is 10.3 Å². The number of nitrogens with one attached hydrogen (secondary N) is 1. The Balaban J connectivity index is 1.56. The molecule has 3 aromatic carbocycles. The van der Waals surface area contributed by atoms with E-state index in [0.717, 1.165) is 31.9 Å². The molecule has 0 fully saturated rings. The SMILES string of the molecule is CCSC1=NN2C(=c3cc(Br)ccc3=N[C@H]2c2ccc(OCc3ccccc3)c(OC)c2)C(=O)N1. The van der Waals surface area contributed by atoms with Gasteiger partial charge in [-0.15, -0.1) is 5.10 Å². The first kappa shape index (κ1) is 23.4. The smallest absolute Gasteiger partial charge is 0.276 e. The Morgan fingerprint density at radius 1 is 1.09 bits per heavy atom. The number of amidine groups is 1. The number of hydrogen-bond donors (Lipinski definition) is 1. The van der Waals surface area contributed by atoms with Gasteiger partial charge in [-0.05, 0) is 41.6 Å². The van der Waals surface area contributed by atoms with Crippen LogP contribution >= 0.6 is 27.7 Å². The summed E-state index contributed by atoms with van der Waals surface area (Å²) in [5.74, 6) is 1.80. The van der Waals surface area contributed by atoms with Crippen molar-refractivity contribution >= 4 is 44.5 Å². The Kier molecular flexibility index (Phi) is 6.79. The Morgan fingerprint density at radius 2 is 1.91 bits per heavy atom. The number of nitrogens with zero attached hydrogens (tertiary/aromatic N) is 3. The molecule has 7 nitrogen and oxygen atoms in total. The summed E-state index contributed by atoms with van der Waals surface area (Å²) in [7, 11) is 1.61. The summed E-state index contributed by atoms with van der Waals surface area (Å²) in [6.45, 7) is 2.45. The van der Waals surface area contributed by atoms with Gasteiger partial charge in [0.05, 0.1) is 12.5 Å². The van der Waals surface area contributed by atoms with Gasteiger partial charge in [-0.3, -0.25) is 15.1 Å². The third kappa shape index (κ3) is 4.78. The molecule has 9 heteroatoms. The van der Waals surface area contributed by atoms with E-state index < -0.39 is 6.17 Å². The number of amides is 1. The average Bonchev–Trinajstić information content (AvgIpc) is 2.87. The highest BCUT2D eigenvalue weighted by Crippen LogP contribution is 2.36. The number of methoxy groups -OCH3 is 1. The number of rotatable bonds is 6. The maximum Gasteiger partial charge on any atom is 0.276 e. The monoisotopic (exact) mass is 550 g/mol. The van der Waals surface area contributed by atoms with E-state index in [1.807, 2.05) is 73.7 Å². The Labute approximate surface area is 215 Å². The minimum atomic E-state index is -0.533. The first-order chi connectivity index (χ1) is 17.1. The van der Waals surface area contributed by atoms with Crippen molar-refractivity contribution in [3.05, 3.63) is 92.9 Å². The van der Waals surface area contributed by atoms with Crippen molar-refractivity contribution in [2.75, 3.05) is 12.9 Å². The van der Waals surface area contributed by atoms with E-state index in [-0.39, 0.29) is 5.91 Å². The number of hydrogen-bond acceptors (Lipinski definition) is 7. The number of hydrazone groups is 1. The lowest BCUT2D eigenvalue weighted by Crippen LogP contribution is -2.50. The van der Waals surface area contributed by atoms with Gasteiger partial charge in [-0.25, -0.2) is 5.01 Å². The van der Waals surface area contributed by atoms with Crippen LogP contribution in [-0.4, -0.2) is 28.9 Å². The molecule has 2 aliphatic heterocycles. The van der Waals surface area contributed by atoms with E-state index in [4.69, 9.17) is 19.6 Å². The van der Waals surface area contributed by atoms with Crippen molar-refractivity contribution in [3.8, 4) is 11.5 Å². The molecule has 0 saturated heterocycles. The second-order valence-electron chi connectivity index (χ2n) is 7.83. The number of carbonyl (C=O) groups excluding carboxylic acids is 1. The van der Waals surface area contributed by atoms with E-state index in [1.165, 1.54) is 11.8 Å². The van der Waals surface area contributed by atoms with Crippen LogP contribution in [0, 0.1) is 0 Å². The highest BCUT2D eigenvalue weighted by molar-refractivity contribution is 9.10. The van der Waals surface area contributed by atoms with Gasteiger partial charge in [-0.2, -0.15) is 0 Å². The van der Waals surface area contributed by atoms with Crippen molar-refractivity contribution in [3.63, 3.8) is 0 Å². The quantitative estimate of drug-likeness (QED) is 0.503. The zero-order chi connectivity index (χ0) is 24.4. The van der Waals surface area contributed by atoms with Crippen molar-refractivity contribution < 1.29 is 14.3 Å². The van der Waals surface area contributed by atoms with Crippen LogP contribution in [0.25, 0.3) is 5.70 Å². The Morgan fingerprint density at radius 3 is 2.69 bits per heavy atom. The molecule has 0 radical (unpaired) electrons. The molecule has 1 N–H and O–H groups in total. The number of ether oxygens (including phenoxy) is 2. The van der Waals surface area contributed by atoms with Crippen LogP contribution in [0.15, 0.2) is 81.3 Å². The molecule has 0 spiro atoms. The van der Waals surface area contributed by atoms with E-state index in [1.54, 1.807) is 12.1 Å². The summed E-state index contributed by atoms with van der Waals surface area (Å²) in [6, 6.07) is 21.4. The molecule has 178 valence electrons. The molecule has 0 aliphatic carbocycles. The van der Waals surface area contributed by atoms with Crippen LogP contribution in [0.5, 0.6) is 11.5 Å². The fourth-order valence-electron chi connectivity index (χ4n) is 3.97. The first-order valence-electron chi connectivity index (χ1n) is 11.1. The molecule has 1 amide bonds. The topological polar surface area (TPSA) is 75.5 Å². The zero-order valence-corrected chi connectivity index (χ0v) is 21.6. The van der Waals surface area contributed by atoms with Gasteiger partial charge < -0.3 is 9.47 Å². The largest absolute Gasteiger partial charge is 0.493 e. The summed E-state index contributed by atoms with van der Waals surface area (Å²) >= 11 is 4.98. The number of carbonyl (C=O) groups is 1. The highest BCUT2D eigenvalue weighted by Gasteiger charge is 2.34. The van der Waals surface area contributed by atoms with Crippen LogP contribution in [0.4, 0.5) is 0 Å². The lowest BCUT2D eigenvalue weighted by Gasteiger charge is -2.34. The minimum absolute atomic E-state index is 0.204. The highest BCUT2D eigenvalue weighted by atomic mass is 79.9. The molecule has 5 rings (SSSR count). The van der Waals surface area contributed by atoms with Gasteiger partial charge in [0.2, 0.25) is 0 Å². The number of benzene rings is 3. The van der Waals surface area contributed by atoms with Crippen LogP contribution in [0.1, 0.15) is 24.2 Å². The molecular formula is C26H23BrN4O3S. The Hall–Kier alpha value is -3.30. The van der Waals surface area contributed by atoms with E-state index in [9.17, 15) is 4.79 Å². The second kappa shape index (κ2) is 10.1. The number of halogens is 1. The van der Waals surface area contributed by atoms with Gasteiger partial charge >= 0.3 is 0 Å². The van der Waals surface area contributed by atoms with E-state index in [2.05, 4.69) is 21.2 Å². The third-order valence-electron chi connectivity index (χ3n) is 5.57. The van der Waals surface area contributed by atoms with Gasteiger partial charge in [0.25, 0.3) is 5.91 Å². The fourth-order valence-corrected chi connectivity index (χ4v) is 4.91. The number of thioether (sulfide) groups is 1. The summed E-state index contributed by atoms with van der Waals surface area (Å²) in [5.41, 5.74) is 2.36. The van der Waals surface area contributed by atoms with Gasteiger partial charge in [0, 0.05) is 15.3 Å². The maximum absolute atomic E-state index is 13.2. The van der Waals surface area contributed by atoms with Gasteiger partial charge in [0.1, 0.15) is 12.3 Å². The van der Waals surface area contributed by atoms with Gasteiger partial charge in [0.15, 0.2) is 22.8 Å². The standard InChI is InChI=1S/C26H23BrN4O3S/c1-3-35-26-29-25(32)23-19-14-18(27)10-11-20(19)28-24(31(23)30-26)17-9-12-21(22(13-17)33-2)34-15-16-7-5-4-6-8-16/h4-14,24H,3,15H2,1-2H3,(H,29,30,32)/t24-/m1/s1. The van der Waals surface area contributed by atoms with Crippen LogP contribution in [-0.2, 0) is 11.4 Å². The van der Waals surface area contributed by atoms with Crippen LogP contribution in [0.3, 0.4) is 0 Å². The van der Waals surface area contributed by atoms with Crippen LogP contribution < -0.4 is 25.4 Å². The van der Waals surface area contributed by atoms with Crippen molar-refractivity contribution in [2.24, 2.45) is 10.1 Å². The first-order valence-corrected chi connectivity index (χ1v) is 12.9. The predicted molar refractivity (Wildman–Crippen MR) is 140 cm³/mol. The Bertz CT molecular complexity index is 1430. The fraction of sp³-hybridized carbons (Fsp3) is 0.192. The maximum atomic E-state index is 13.2. The summed E-state index contributed by atoms with van der Waals surface area (Å²) < 4.78 is 12.5. The van der Waals surface area contributed by atoms with Crippen molar-refractivity contribution in [1.29, 1.82) is 0 Å². The molecule has 0 unspecified atom stereocenters. The van der Waals surface area contributed by atoms with E-state index >= 15 is 0 Å².